The van der Waals surface area contributed by atoms with E-state index in [2.05, 4.69) is 10.1 Å². The van der Waals surface area contributed by atoms with Crippen molar-refractivity contribution in [3.63, 3.8) is 0 Å². The number of fused-ring (bicyclic) bond motifs is 1. The molecule has 0 amide bonds. The molecule has 0 radical (unpaired) electrons. The second-order valence-electron chi connectivity index (χ2n) is 5.20. The van der Waals surface area contributed by atoms with E-state index in [1.807, 2.05) is 72.8 Å². The molecule has 24 heavy (non-hydrogen) atoms. The van der Waals surface area contributed by atoms with Crippen molar-refractivity contribution in [3.05, 3.63) is 87.2 Å². The molecule has 0 N–H and O–H groups in total. The van der Waals surface area contributed by atoms with Gasteiger partial charge >= 0.3 is 0 Å². The Morgan fingerprint density at radius 2 is 1.67 bits per heavy atom. The van der Waals surface area contributed by atoms with Gasteiger partial charge in [0.15, 0.2) is 5.82 Å². The Morgan fingerprint density at radius 1 is 0.958 bits per heavy atom. The van der Waals surface area contributed by atoms with Crippen LogP contribution < -0.4 is 10.1 Å². The summed E-state index contributed by atoms with van der Waals surface area (Å²) in [5.41, 5.74) is 1.86. The molecule has 0 fully saturated rings. The summed E-state index contributed by atoms with van der Waals surface area (Å²) in [7, 11) is 0. The fourth-order valence-electron chi connectivity index (χ4n) is 2.37. The highest BCUT2D eigenvalue weighted by Crippen LogP contribution is 2.15. The van der Waals surface area contributed by atoms with E-state index in [4.69, 9.17) is 0 Å². The molecule has 0 spiro atoms. The SMILES string of the molecule is O=c1c(=CC=Cc2ccccc2)sc2nc(-c3ccccc3)nn12. The first kappa shape index (κ1) is 14.5. The van der Waals surface area contributed by atoms with Crippen molar-refractivity contribution in [2.75, 3.05) is 0 Å². The van der Waals surface area contributed by atoms with Crippen LogP contribution in [0.25, 0.3) is 28.5 Å². The monoisotopic (exact) mass is 331 g/mol. The van der Waals surface area contributed by atoms with Crippen molar-refractivity contribution in [2.24, 2.45) is 0 Å². The highest BCUT2D eigenvalue weighted by atomic mass is 32.1. The lowest BCUT2D eigenvalue weighted by Gasteiger charge is -1.91. The highest BCUT2D eigenvalue weighted by Gasteiger charge is 2.10. The first-order valence-electron chi connectivity index (χ1n) is 7.50. The van der Waals surface area contributed by atoms with Crippen molar-refractivity contribution < 1.29 is 0 Å². The van der Waals surface area contributed by atoms with E-state index in [9.17, 15) is 4.79 Å². The van der Waals surface area contributed by atoms with Gasteiger partial charge in [0.05, 0.1) is 4.53 Å². The number of nitrogens with zero attached hydrogens (tertiary/aromatic N) is 3. The Labute approximate surface area is 142 Å². The number of rotatable bonds is 3. The van der Waals surface area contributed by atoms with Gasteiger partial charge in [-0.25, -0.2) is 0 Å². The molecule has 4 rings (SSSR count). The molecule has 0 atom stereocenters. The van der Waals surface area contributed by atoms with Gasteiger partial charge in [0.2, 0.25) is 4.96 Å². The number of thiazole rings is 1. The summed E-state index contributed by atoms with van der Waals surface area (Å²) >= 11 is 1.34. The summed E-state index contributed by atoms with van der Waals surface area (Å²) in [6, 6.07) is 19.6. The predicted molar refractivity (Wildman–Crippen MR) is 97.7 cm³/mol. The van der Waals surface area contributed by atoms with Gasteiger partial charge in [-0.2, -0.15) is 9.50 Å². The lowest BCUT2D eigenvalue weighted by atomic mass is 10.2. The second kappa shape index (κ2) is 6.22. The average molecular weight is 331 g/mol. The van der Waals surface area contributed by atoms with Gasteiger partial charge in [-0.15, -0.1) is 5.10 Å². The molecule has 2 aromatic heterocycles. The van der Waals surface area contributed by atoms with Gasteiger partial charge < -0.3 is 0 Å². The minimum Gasteiger partial charge on any atom is -0.266 e. The summed E-state index contributed by atoms with van der Waals surface area (Å²) in [5.74, 6) is 0.574. The normalized spacial score (nSPS) is 12.4. The molecule has 2 heterocycles. The maximum Gasteiger partial charge on any atom is 0.291 e. The molecule has 5 heteroatoms. The Balaban J connectivity index is 1.70. The zero-order valence-electron chi connectivity index (χ0n) is 12.7. The number of benzene rings is 2. The van der Waals surface area contributed by atoms with Gasteiger partial charge in [-0.05, 0) is 11.6 Å². The zero-order chi connectivity index (χ0) is 16.4. The zero-order valence-corrected chi connectivity index (χ0v) is 13.5. The van der Waals surface area contributed by atoms with Crippen molar-refractivity contribution in [1.82, 2.24) is 14.6 Å². The molecule has 0 aliphatic carbocycles. The Morgan fingerprint density at radius 3 is 2.38 bits per heavy atom. The third-order valence-electron chi connectivity index (χ3n) is 3.55. The van der Waals surface area contributed by atoms with Crippen molar-refractivity contribution >= 4 is 28.4 Å². The fourth-order valence-corrected chi connectivity index (χ4v) is 3.23. The molecule has 2 aromatic carbocycles. The summed E-state index contributed by atoms with van der Waals surface area (Å²) in [6.45, 7) is 0. The molecule has 0 saturated heterocycles. The van der Waals surface area contributed by atoms with Gasteiger partial charge in [-0.1, -0.05) is 84.2 Å². The number of allylic oxidation sites excluding steroid dienone is 1. The molecule has 0 unspecified atom stereocenters. The van der Waals surface area contributed by atoms with Crippen LogP contribution >= 0.6 is 11.3 Å². The third kappa shape index (κ3) is 2.77. The smallest absolute Gasteiger partial charge is 0.266 e. The maximum atomic E-state index is 12.4. The van der Waals surface area contributed by atoms with Crippen LogP contribution in [-0.2, 0) is 0 Å². The van der Waals surface area contributed by atoms with Crippen LogP contribution in [-0.4, -0.2) is 14.6 Å². The van der Waals surface area contributed by atoms with Gasteiger partial charge in [0.25, 0.3) is 5.56 Å². The van der Waals surface area contributed by atoms with Gasteiger partial charge in [-0.3, -0.25) is 4.79 Å². The van der Waals surface area contributed by atoms with Crippen LogP contribution in [0.2, 0.25) is 0 Å². The van der Waals surface area contributed by atoms with E-state index in [1.54, 1.807) is 6.08 Å². The minimum atomic E-state index is -0.137. The third-order valence-corrected chi connectivity index (χ3v) is 4.53. The first-order chi connectivity index (χ1) is 11.8. The Bertz CT molecular complexity index is 1110. The largest absolute Gasteiger partial charge is 0.291 e. The molecule has 4 aromatic rings. The van der Waals surface area contributed by atoms with Crippen molar-refractivity contribution in [2.45, 2.75) is 0 Å². The van der Waals surface area contributed by atoms with Crippen LogP contribution in [0.4, 0.5) is 0 Å². The summed E-state index contributed by atoms with van der Waals surface area (Å²) in [6.07, 6.45) is 5.64. The van der Waals surface area contributed by atoms with Crippen LogP contribution in [0.15, 0.2) is 71.5 Å². The molecule has 0 saturated carbocycles. The quantitative estimate of drug-likeness (QED) is 0.580. The summed E-state index contributed by atoms with van der Waals surface area (Å²) in [5, 5.41) is 4.33. The van der Waals surface area contributed by atoms with E-state index >= 15 is 0 Å². The molecule has 0 aliphatic rings. The second-order valence-corrected chi connectivity index (χ2v) is 6.21. The van der Waals surface area contributed by atoms with Crippen LogP contribution in [0, 0.1) is 0 Å². The van der Waals surface area contributed by atoms with Crippen molar-refractivity contribution in [3.8, 4) is 11.4 Å². The highest BCUT2D eigenvalue weighted by molar-refractivity contribution is 7.15. The lowest BCUT2D eigenvalue weighted by molar-refractivity contribution is 0.937. The van der Waals surface area contributed by atoms with E-state index in [1.165, 1.54) is 15.9 Å². The molecular weight excluding hydrogens is 318 g/mol. The van der Waals surface area contributed by atoms with Gasteiger partial charge in [0.1, 0.15) is 0 Å². The van der Waals surface area contributed by atoms with E-state index in [-0.39, 0.29) is 5.56 Å². The Kier molecular flexibility index (Phi) is 3.76. The maximum absolute atomic E-state index is 12.4. The topological polar surface area (TPSA) is 47.3 Å². The van der Waals surface area contributed by atoms with E-state index < -0.39 is 0 Å². The van der Waals surface area contributed by atoms with E-state index in [0.717, 1.165) is 11.1 Å². The van der Waals surface area contributed by atoms with E-state index in [0.29, 0.717) is 15.3 Å². The van der Waals surface area contributed by atoms with Gasteiger partial charge in [0, 0.05) is 5.56 Å². The molecule has 0 aliphatic heterocycles. The van der Waals surface area contributed by atoms with Crippen molar-refractivity contribution in [1.29, 1.82) is 0 Å². The van der Waals surface area contributed by atoms with Crippen LogP contribution in [0.5, 0.6) is 0 Å². The van der Waals surface area contributed by atoms with Crippen LogP contribution in [0.1, 0.15) is 5.56 Å². The molecule has 4 nitrogen and oxygen atoms in total. The number of aromatic nitrogens is 3. The summed E-state index contributed by atoms with van der Waals surface area (Å²) in [4.78, 5) is 17.5. The van der Waals surface area contributed by atoms with Crippen LogP contribution in [0.3, 0.4) is 0 Å². The molecule has 116 valence electrons. The average Bonchev–Trinajstić information content (AvgIpc) is 3.17. The predicted octanol–water partition coefficient (Wildman–Crippen LogP) is 3.03. The fraction of sp³-hybridized carbons (Fsp3) is 0. The standard InChI is InChI=1S/C19H13N3OS/c23-18-16(13-7-10-14-8-3-1-4-9-14)24-19-20-17(21-22(18)19)15-11-5-2-6-12-15/h1-13H. The number of hydrogen-bond acceptors (Lipinski definition) is 4. The molecule has 0 bridgehead atoms. The molecular formula is C19H13N3OS. The number of hydrogen-bond donors (Lipinski definition) is 0. The Hall–Kier alpha value is -3.05. The lowest BCUT2D eigenvalue weighted by Crippen LogP contribution is -2.23. The summed E-state index contributed by atoms with van der Waals surface area (Å²) < 4.78 is 1.99. The first-order valence-corrected chi connectivity index (χ1v) is 8.31. The minimum absolute atomic E-state index is 0.137.